The van der Waals surface area contributed by atoms with Crippen LogP contribution in [0.4, 0.5) is 5.95 Å². The monoisotopic (exact) mass is 216 g/mol. The number of aromatic nitrogens is 3. The number of aliphatic hydroxyl groups excluding tert-OH is 1. The highest BCUT2D eigenvalue weighted by molar-refractivity contribution is 5.57. The van der Waals surface area contributed by atoms with Crippen molar-refractivity contribution in [3.63, 3.8) is 0 Å². The summed E-state index contributed by atoms with van der Waals surface area (Å²) in [5.74, 6) is 1.52. The van der Waals surface area contributed by atoms with Crippen LogP contribution in [0.2, 0.25) is 0 Å². The van der Waals surface area contributed by atoms with Gasteiger partial charge < -0.3 is 10.4 Å². The molecule has 0 fully saturated rings. The Morgan fingerprint density at radius 2 is 2.06 bits per heavy atom. The minimum absolute atomic E-state index is 0.383. The summed E-state index contributed by atoms with van der Waals surface area (Å²) in [6.07, 6.45) is -0.383. The molecule has 1 aliphatic rings. The predicted octanol–water partition coefficient (Wildman–Crippen LogP) is 0.732. The molecule has 1 aliphatic heterocycles. The molecule has 1 atom stereocenters. The van der Waals surface area contributed by atoms with Crippen LogP contribution in [0, 0.1) is 0 Å². The van der Waals surface area contributed by atoms with E-state index in [1.807, 2.05) is 34.9 Å². The Bertz CT molecular complexity index is 494. The molecular formula is C11H12N4O. The second-order valence-electron chi connectivity index (χ2n) is 3.86. The van der Waals surface area contributed by atoms with Gasteiger partial charge in [0.25, 0.3) is 0 Å². The predicted molar refractivity (Wildman–Crippen MR) is 60.0 cm³/mol. The van der Waals surface area contributed by atoms with Gasteiger partial charge in [0.1, 0.15) is 0 Å². The Balaban J connectivity index is 2.07. The Labute approximate surface area is 92.7 Å². The number of aliphatic hydroxyl groups is 1. The highest BCUT2D eigenvalue weighted by Gasteiger charge is 2.21. The topological polar surface area (TPSA) is 63.0 Å². The van der Waals surface area contributed by atoms with Crippen molar-refractivity contribution in [1.82, 2.24) is 14.8 Å². The maximum absolute atomic E-state index is 9.61. The molecule has 0 amide bonds. The number of hydrogen-bond donors (Lipinski definition) is 2. The van der Waals surface area contributed by atoms with Gasteiger partial charge in [-0.3, -0.25) is 4.57 Å². The van der Waals surface area contributed by atoms with Crippen molar-refractivity contribution in [2.75, 3.05) is 11.9 Å². The number of nitrogens with zero attached hydrogens (tertiary/aromatic N) is 3. The number of benzene rings is 1. The molecule has 0 saturated carbocycles. The van der Waals surface area contributed by atoms with Crippen LogP contribution in [-0.2, 0) is 6.54 Å². The second kappa shape index (κ2) is 3.61. The van der Waals surface area contributed by atoms with Gasteiger partial charge in [0, 0.05) is 12.1 Å². The van der Waals surface area contributed by atoms with Crippen LogP contribution in [0.5, 0.6) is 0 Å². The molecule has 2 heterocycles. The molecule has 1 aromatic heterocycles. The standard InChI is InChI=1S/C11H12N4O/c16-9-6-12-11-14-13-10(15(11)7-9)8-4-2-1-3-5-8/h1-5,9,16H,6-7H2,(H,12,14)/t9-/m0/s1. The summed E-state index contributed by atoms with van der Waals surface area (Å²) in [6, 6.07) is 9.86. The van der Waals surface area contributed by atoms with Gasteiger partial charge in [0.2, 0.25) is 5.95 Å². The lowest BCUT2D eigenvalue weighted by Crippen LogP contribution is -2.31. The highest BCUT2D eigenvalue weighted by Crippen LogP contribution is 2.22. The summed E-state index contributed by atoms with van der Waals surface area (Å²) in [5.41, 5.74) is 1.01. The molecule has 3 rings (SSSR count). The minimum Gasteiger partial charge on any atom is -0.389 e. The fraction of sp³-hybridized carbons (Fsp3) is 0.273. The van der Waals surface area contributed by atoms with E-state index in [1.54, 1.807) is 0 Å². The number of β-amino-alcohol motifs (C(OH)–C–C–N with tert-alkyl or cyclic N) is 1. The van der Waals surface area contributed by atoms with E-state index in [1.165, 1.54) is 0 Å². The molecule has 2 aromatic rings. The van der Waals surface area contributed by atoms with Crippen molar-refractivity contribution < 1.29 is 5.11 Å². The van der Waals surface area contributed by atoms with Gasteiger partial charge in [-0.2, -0.15) is 0 Å². The van der Waals surface area contributed by atoms with E-state index >= 15 is 0 Å². The zero-order valence-corrected chi connectivity index (χ0v) is 8.67. The average Bonchev–Trinajstić information content (AvgIpc) is 2.73. The normalized spacial score (nSPS) is 18.9. The number of anilines is 1. The third-order valence-electron chi connectivity index (χ3n) is 2.67. The zero-order valence-electron chi connectivity index (χ0n) is 8.67. The van der Waals surface area contributed by atoms with Crippen molar-refractivity contribution in [2.45, 2.75) is 12.6 Å². The summed E-state index contributed by atoms with van der Waals surface area (Å²) in [7, 11) is 0. The van der Waals surface area contributed by atoms with E-state index in [-0.39, 0.29) is 6.10 Å². The highest BCUT2D eigenvalue weighted by atomic mass is 16.3. The molecule has 0 bridgehead atoms. The van der Waals surface area contributed by atoms with E-state index in [0.717, 1.165) is 17.3 Å². The molecule has 0 saturated heterocycles. The summed E-state index contributed by atoms with van der Waals surface area (Å²) in [5, 5.41) is 20.8. The zero-order chi connectivity index (χ0) is 11.0. The summed E-state index contributed by atoms with van der Waals surface area (Å²) < 4.78 is 1.91. The fourth-order valence-corrected chi connectivity index (χ4v) is 1.89. The molecule has 16 heavy (non-hydrogen) atoms. The Morgan fingerprint density at radius 1 is 1.25 bits per heavy atom. The quantitative estimate of drug-likeness (QED) is 0.737. The first-order valence-electron chi connectivity index (χ1n) is 5.25. The summed E-state index contributed by atoms with van der Waals surface area (Å²) in [4.78, 5) is 0. The van der Waals surface area contributed by atoms with E-state index < -0.39 is 0 Å². The third-order valence-corrected chi connectivity index (χ3v) is 2.67. The second-order valence-corrected chi connectivity index (χ2v) is 3.86. The van der Waals surface area contributed by atoms with Crippen molar-refractivity contribution in [3.05, 3.63) is 30.3 Å². The van der Waals surface area contributed by atoms with E-state index in [2.05, 4.69) is 15.5 Å². The van der Waals surface area contributed by atoms with Gasteiger partial charge in [0.05, 0.1) is 12.6 Å². The molecular weight excluding hydrogens is 204 g/mol. The van der Waals surface area contributed by atoms with Crippen LogP contribution in [0.1, 0.15) is 0 Å². The van der Waals surface area contributed by atoms with Gasteiger partial charge in [-0.05, 0) is 0 Å². The molecule has 5 nitrogen and oxygen atoms in total. The van der Waals surface area contributed by atoms with Crippen molar-refractivity contribution in [1.29, 1.82) is 0 Å². The van der Waals surface area contributed by atoms with Gasteiger partial charge in [-0.15, -0.1) is 10.2 Å². The number of fused-ring (bicyclic) bond motifs is 1. The first-order chi connectivity index (χ1) is 7.84. The SMILES string of the molecule is O[C@H]1CNc2nnc(-c3ccccc3)n2C1. The molecule has 0 aliphatic carbocycles. The lowest BCUT2D eigenvalue weighted by Gasteiger charge is -2.21. The van der Waals surface area contributed by atoms with Crippen LogP contribution in [0.3, 0.4) is 0 Å². The van der Waals surface area contributed by atoms with E-state index in [0.29, 0.717) is 13.1 Å². The fourth-order valence-electron chi connectivity index (χ4n) is 1.89. The van der Waals surface area contributed by atoms with E-state index in [4.69, 9.17) is 0 Å². The molecule has 5 heteroatoms. The molecule has 2 N–H and O–H groups in total. The van der Waals surface area contributed by atoms with Crippen LogP contribution >= 0.6 is 0 Å². The minimum atomic E-state index is -0.383. The Hall–Kier alpha value is -1.88. The lowest BCUT2D eigenvalue weighted by atomic mass is 10.2. The molecule has 82 valence electrons. The van der Waals surface area contributed by atoms with Crippen LogP contribution in [-0.4, -0.2) is 32.5 Å². The number of hydrogen-bond acceptors (Lipinski definition) is 4. The maximum Gasteiger partial charge on any atom is 0.225 e. The Kier molecular flexibility index (Phi) is 2.11. The van der Waals surface area contributed by atoms with Crippen LogP contribution < -0.4 is 5.32 Å². The van der Waals surface area contributed by atoms with Crippen LogP contribution in [0.15, 0.2) is 30.3 Å². The molecule has 0 unspecified atom stereocenters. The molecule has 0 spiro atoms. The molecule has 1 aromatic carbocycles. The van der Waals surface area contributed by atoms with Gasteiger partial charge in [-0.1, -0.05) is 30.3 Å². The summed E-state index contributed by atoms with van der Waals surface area (Å²) >= 11 is 0. The van der Waals surface area contributed by atoms with Crippen molar-refractivity contribution >= 4 is 5.95 Å². The average molecular weight is 216 g/mol. The first-order valence-corrected chi connectivity index (χ1v) is 5.25. The van der Waals surface area contributed by atoms with Crippen molar-refractivity contribution in [2.24, 2.45) is 0 Å². The van der Waals surface area contributed by atoms with Gasteiger partial charge in [-0.25, -0.2) is 0 Å². The number of nitrogens with one attached hydrogen (secondary N) is 1. The lowest BCUT2D eigenvalue weighted by molar-refractivity contribution is 0.160. The Morgan fingerprint density at radius 3 is 2.88 bits per heavy atom. The maximum atomic E-state index is 9.61. The van der Waals surface area contributed by atoms with E-state index in [9.17, 15) is 5.11 Å². The van der Waals surface area contributed by atoms with Gasteiger partial charge in [0.15, 0.2) is 5.82 Å². The first kappa shape index (κ1) is 9.35. The van der Waals surface area contributed by atoms with Crippen molar-refractivity contribution in [3.8, 4) is 11.4 Å². The smallest absolute Gasteiger partial charge is 0.225 e. The third kappa shape index (κ3) is 1.45. The van der Waals surface area contributed by atoms with Gasteiger partial charge >= 0.3 is 0 Å². The number of rotatable bonds is 1. The largest absolute Gasteiger partial charge is 0.389 e. The molecule has 0 radical (unpaired) electrons. The van der Waals surface area contributed by atoms with Crippen LogP contribution in [0.25, 0.3) is 11.4 Å². The summed E-state index contributed by atoms with van der Waals surface area (Å²) in [6.45, 7) is 1.08.